The van der Waals surface area contributed by atoms with Gasteiger partial charge < -0.3 is 10.2 Å². The smallest absolute Gasteiger partial charge is 0.244 e. The molecule has 0 aliphatic rings. The topological polar surface area (TPSA) is 86.8 Å². The highest BCUT2D eigenvalue weighted by Gasteiger charge is 2.30. The molecule has 0 aliphatic carbocycles. The third-order valence-corrected chi connectivity index (χ3v) is 6.25. The summed E-state index contributed by atoms with van der Waals surface area (Å²) in [6.07, 6.45) is 0.978. The number of anilines is 1. The molecule has 0 bridgehead atoms. The average molecular weight is 486 g/mol. The van der Waals surface area contributed by atoms with Gasteiger partial charge in [0.1, 0.15) is 12.6 Å². The van der Waals surface area contributed by atoms with E-state index < -0.39 is 28.5 Å². The van der Waals surface area contributed by atoms with Gasteiger partial charge in [-0.25, -0.2) is 8.42 Å². The molecule has 168 valence electrons. The van der Waals surface area contributed by atoms with Crippen LogP contribution >= 0.6 is 23.2 Å². The molecule has 0 heterocycles. The van der Waals surface area contributed by atoms with E-state index in [-0.39, 0.29) is 28.2 Å². The molecule has 2 amide bonds. The molecule has 0 spiro atoms. The van der Waals surface area contributed by atoms with Gasteiger partial charge in [0.2, 0.25) is 21.8 Å². The van der Waals surface area contributed by atoms with E-state index >= 15 is 0 Å². The first-order valence-corrected chi connectivity index (χ1v) is 12.2. The summed E-state index contributed by atoms with van der Waals surface area (Å²) in [5, 5.41) is 3.10. The zero-order chi connectivity index (χ0) is 23.2. The van der Waals surface area contributed by atoms with Crippen molar-refractivity contribution >= 4 is 50.7 Å². The molecule has 1 N–H and O–H groups in total. The molecule has 0 saturated carbocycles. The van der Waals surface area contributed by atoms with Crippen molar-refractivity contribution < 1.29 is 18.0 Å². The Balaban J connectivity index is 2.41. The van der Waals surface area contributed by atoms with Gasteiger partial charge in [-0.2, -0.15) is 0 Å². The average Bonchev–Trinajstić information content (AvgIpc) is 2.71. The van der Waals surface area contributed by atoms with Gasteiger partial charge in [0.25, 0.3) is 0 Å². The lowest BCUT2D eigenvalue weighted by molar-refractivity contribution is -0.139. The Bertz CT molecular complexity index is 1030. The van der Waals surface area contributed by atoms with Crippen LogP contribution < -0.4 is 9.62 Å². The number of carbonyl (C=O) groups is 2. The van der Waals surface area contributed by atoms with E-state index in [0.717, 1.165) is 16.1 Å². The maximum absolute atomic E-state index is 13.3. The molecule has 2 aromatic carbocycles. The van der Waals surface area contributed by atoms with Gasteiger partial charge in [0.05, 0.1) is 17.0 Å². The first-order valence-electron chi connectivity index (χ1n) is 9.58. The number of benzene rings is 2. The van der Waals surface area contributed by atoms with Crippen molar-refractivity contribution in [2.75, 3.05) is 23.7 Å². The predicted octanol–water partition coefficient (Wildman–Crippen LogP) is 3.31. The van der Waals surface area contributed by atoms with Crippen LogP contribution in [0, 0.1) is 0 Å². The van der Waals surface area contributed by atoms with E-state index in [2.05, 4.69) is 5.32 Å². The summed E-state index contributed by atoms with van der Waals surface area (Å²) in [4.78, 5) is 27.1. The molecule has 0 fully saturated rings. The molecule has 10 heteroatoms. The molecule has 7 nitrogen and oxygen atoms in total. The van der Waals surface area contributed by atoms with Crippen LogP contribution in [0.1, 0.15) is 19.4 Å². The van der Waals surface area contributed by atoms with Crippen LogP contribution in [-0.4, -0.2) is 50.5 Å². The lowest BCUT2D eigenvalue weighted by Gasteiger charge is -2.31. The van der Waals surface area contributed by atoms with E-state index in [9.17, 15) is 18.0 Å². The minimum atomic E-state index is -3.87. The number of amides is 2. The number of nitrogens with one attached hydrogen (secondary N) is 1. The lowest BCUT2D eigenvalue weighted by atomic mass is 10.1. The molecule has 1 atom stereocenters. The minimum absolute atomic E-state index is 0.0929. The number of hydrogen-bond acceptors (Lipinski definition) is 4. The van der Waals surface area contributed by atoms with E-state index in [0.29, 0.717) is 6.54 Å². The molecule has 1 unspecified atom stereocenters. The molecule has 2 rings (SSSR count). The van der Waals surface area contributed by atoms with Crippen molar-refractivity contribution in [1.29, 1.82) is 0 Å². The summed E-state index contributed by atoms with van der Waals surface area (Å²) in [5.74, 6) is -0.887. The van der Waals surface area contributed by atoms with Crippen LogP contribution in [0.3, 0.4) is 0 Å². The first-order chi connectivity index (χ1) is 14.5. The minimum Gasteiger partial charge on any atom is -0.355 e. The second kappa shape index (κ2) is 10.8. The Hall–Kier alpha value is -2.29. The highest BCUT2D eigenvalue weighted by atomic mass is 35.5. The zero-order valence-electron chi connectivity index (χ0n) is 17.5. The Labute approximate surface area is 193 Å². The van der Waals surface area contributed by atoms with Gasteiger partial charge in [-0.05, 0) is 37.6 Å². The quantitative estimate of drug-likeness (QED) is 0.589. The number of rotatable bonds is 9. The van der Waals surface area contributed by atoms with Crippen molar-refractivity contribution in [1.82, 2.24) is 10.2 Å². The Morgan fingerprint density at radius 2 is 1.74 bits per heavy atom. The Morgan fingerprint density at radius 1 is 1.10 bits per heavy atom. The fraction of sp³-hybridized carbons (Fsp3) is 0.333. The van der Waals surface area contributed by atoms with Crippen molar-refractivity contribution in [3.63, 3.8) is 0 Å². The van der Waals surface area contributed by atoms with E-state index in [1.165, 1.54) is 23.1 Å². The Kier molecular flexibility index (Phi) is 8.73. The summed E-state index contributed by atoms with van der Waals surface area (Å²) in [5.41, 5.74) is 0.897. The normalized spacial score (nSPS) is 12.2. The first kappa shape index (κ1) is 25.0. The standard InChI is InChI=1S/C21H25Cl2N3O4S/c1-4-24-21(28)15(2)25(13-16-8-6-5-7-9-16)20(27)14-26(31(3,29)30)19-12-17(22)10-11-18(19)23/h5-12,15H,4,13-14H2,1-3H3,(H,24,28). The Morgan fingerprint density at radius 3 is 2.32 bits per heavy atom. The summed E-state index contributed by atoms with van der Waals surface area (Å²) in [7, 11) is -3.87. The molecule has 0 radical (unpaired) electrons. The van der Waals surface area contributed by atoms with Crippen molar-refractivity contribution in [2.24, 2.45) is 0 Å². The van der Waals surface area contributed by atoms with Gasteiger partial charge in [-0.1, -0.05) is 53.5 Å². The molecule has 2 aromatic rings. The van der Waals surface area contributed by atoms with Crippen molar-refractivity contribution in [2.45, 2.75) is 26.4 Å². The maximum atomic E-state index is 13.3. The fourth-order valence-electron chi connectivity index (χ4n) is 2.96. The number of carbonyl (C=O) groups excluding carboxylic acids is 2. The van der Waals surface area contributed by atoms with Gasteiger partial charge >= 0.3 is 0 Å². The van der Waals surface area contributed by atoms with Crippen molar-refractivity contribution in [3.8, 4) is 0 Å². The molecule has 0 aromatic heterocycles. The molecule has 0 aliphatic heterocycles. The SMILES string of the molecule is CCNC(=O)C(C)N(Cc1ccccc1)C(=O)CN(c1cc(Cl)ccc1Cl)S(C)(=O)=O. The molecule has 0 saturated heterocycles. The maximum Gasteiger partial charge on any atom is 0.244 e. The van der Waals surface area contributed by atoms with Crippen LogP contribution in [0.15, 0.2) is 48.5 Å². The number of halogens is 2. The van der Waals surface area contributed by atoms with Gasteiger partial charge in [0, 0.05) is 18.1 Å². The third kappa shape index (κ3) is 6.85. The third-order valence-electron chi connectivity index (χ3n) is 4.57. The lowest BCUT2D eigenvalue weighted by Crippen LogP contribution is -2.51. The number of sulfonamides is 1. The summed E-state index contributed by atoms with van der Waals surface area (Å²) >= 11 is 12.2. The number of hydrogen-bond donors (Lipinski definition) is 1. The zero-order valence-corrected chi connectivity index (χ0v) is 19.8. The van der Waals surface area contributed by atoms with Crippen LogP contribution in [0.2, 0.25) is 10.0 Å². The summed E-state index contributed by atoms with van der Waals surface area (Å²) in [6, 6.07) is 12.7. The second-order valence-electron chi connectivity index (χ2n) is 6.94. The van der Waals surface area contributed by atoms with Crippen molar-refractivity contribution in [3.05, 3.63) is 64.1 Å². The van der Waals surface area contributed by atoms with Crippen LogP contribution in [-0.2, 0) is 26.2 Å². The van der Waals surface area contributed by atoms with Gasteiger partial charge in [-0.3, -0.25) is 13.9 Å². The van der Waals surface area contributed by atoms with E-state index in [1.807, 2.05) is 30.3 Å². The van der Waals surface area contributed by atoms with Crippen LogP contribution in [0.5, 0.6) is 0 Å². The fourth-order valence-corrected chi connectivity index (χ4v) is 4.25. The monoisotopic (exact) mass is 485 g/mol. The molecular weight excluding hydrogens is 461 g/mol. The highest BCUT2D eigenvalue weighted by Crippen LogP contribution is 2.30. The molecule has 31 heavy (non-hydrogen) atoms. The van der Waals surface area contributed by atoms with Crippen LogP contribution in [0.4, 0.5) is 5.69 Å². The van der Waals surface area contributed by atoms with Gasteiger partial charge in [0.15, 0.2) is 0 Å². The van der Waals surface area contributed by atoms with E-state index in [1.54, 1.807) is 13.8 Å². The second-order valence-corrected chi connectivity index (χ2v) is 9.69. The largest absolute Gasteiger partial charge is 0.355 e. The van der Waals surface area contributed by atoms with Gasteiger partial charge in [-0.15, -0.1) is 0 Å². The summed E-state index contributed by atoms with van der Waals surface area (Å²) < 4.78 is 25.9. The molecular formula is C21H25Cl2N3O4S. The van der Waals surface area contributed by atoms with E-state index in [4.69, 9.17) is 23.2 Å². The number of likely N-dealkylation sites (N-methyl/N-ethyl adjacent to an activating group) is 1. The number of nitrogens with zero attached hydrogens (tertiary/aromatic N) is 2. The predicted molar refractivity (Wildman–Crippen MR) is 124 cm³/mol. The summed E-state index contributed by atoms with van der Waals surface area (Å²) in [6.45, 7) is 3.39. The van der Waals surface area contributed by atoms with Crippen LogP contribution in [0.25, 0.3) is 0 Å². The highest BCUT2D eigenvalue weighted by molar-refractivity contribution is 7.92.